The SMILES string of the molecule is CC[C@H](C)[C@@H]1NC(=O)[C@H](CC(F)(F)F)N(C)C(=O)C[C@@H](C(=O)N2CCCC2)N(C)C(=O)[C@H](C2CCCCC2)N(C)C(=O)C2(CCCC2)NC(=O)[C@@H]2CC(F)(F)CN2C(=O)[C@H](CCC2CCC(C(F)(F)F)C(Cl)C2)NC(=O)CN(C)C(=O)[C@H](CC2CCC(C(F)(F)F)CC2)N(C)C(=O)CN(C)C(=O)CN(C)C1=O. The van der Waals surface area contributed by atoms with Crippen molar-refractivity contribution in [2.24, 2.45) is 35.5 Å². The molecule has 3 heterocycles. The van der Waals surface area contributed by atoms with Crippen LogP contribution in [-0.4, -0.2) is 281 Å². The Labute approximate surface area is 622 Å². The van der Waals surface area contributed by atoms with Crippen LogP contribution in [0.25, 0.3) is 0 Å². The highest BCUT2D eigenvalue weighted by Gasteiger charge is 2.56. The predicted molar refractivity (Wildman–Crippen MR) is 366 cm³/mol. The lowest BCUT2D eigenvalue weighted by atomic mass is 9.78. The summed E-state index contributed by atoms with van der Waals surface area (Å²) >= 11 is 6.31. The van der Waals surface area contributed by atoms with Crippen molar-refractivity contribution in [1.82, 2.24) is 60.0 Å². The molecule has 7 fully saturated rings. The highest BCUT2D eigenvalue weighted by atomic mass is 35.5. The van der Waals surface area contributed by atoms with Crippen molar-refractivity contribution < 1.29 is 106 Å². The summed E-state index contributed by atoms with van der Waals surface area (Å²) in [5.41, 5.74) is -1.96. The Hall–Kier alpha value is -6.84. The Morgan fingerprint density at radius 2 is 1.17 bits per heavy atom. The van der Waals surface area contributed by atoms with Crippen LogP contribution in [0.4, 0.5) is 48.3 Å². The Bertz CT molecular complexity index is 3200. The second-order valence-electron chi connectivity index (χ2n) is 31.2. The zero-order chi connectivity index (χ0) is 79.7. The van der Waals surface area contributed by atoms with Gasteiger partial charge < -0.3 is 60.0 Å². The van der Waals surface area contributed by atoms with Gasteiger partial charge in [-0.25, -0.2) is 8.78 Å². The summed E-state index contributed by atoms with van der Waals surface area (Å²) in [4.78, 5) is 186. The molecule has 12 amide bonds. The molecule has 0 aromatic carbocycles. The number of hydrogen-bond acceptors (Lipinski definition) is 12. The van der Waals surface area contributed by atoms with E-state index < -0.39 is 242 Å². The molecule has 0 aromatic heterocycles. The van der Waals surface area contributed by atoms with E-state index in [1.165, 1.54) is 25.9 Å². The number of carbonyl (C=O) groups is 12. The highest BCUT2D eigenvalue weighted by Crippen LogP contribution is 2.45. The molecule has 3 N–H and O–H groups in total. The van der Waals surface area contributed by atoms with Crippen molar-refractivity contribution in [1.29, 1.82) is 0 Å². The second-order valence-corrected chi connectivity index (χ2v) is 31.7. The third-order valence-corrected chi connectivity index (χ3v) is 24.0. The van der Waals surface area contributed by atoms with E-state index in [9.17, 15) is 77.9 Å². The largest absolute Gasteiger partial charge is 0.393 e. The number of likely N-dealkylation sites (tertiary alicyclic amines) is 1. The zero-order valence-electron chi connectivity index (χ0n) is 62.5. The van der Waals surface area contributed by atoms with Gasteiger partial charge in [-0.15, -0.1) is 11.6 Å². The van der Waals surface area contributed by atoms with Crippen molar-refractivity contribution in [3.8, 4) is 0 Å². The van der Waals surface area contributed by atoms with E-state index >= 15 is 28.0 Å². The first kappa shape index (κ1) is 87.4. The molecule has 1 spiro atoms. The summed E-state index contributed by atoms with van der Waals surface area (Å²) in [6, 6.07) is -12.9. The lowest BCUT2D eigenvalue weighted by Crippen LogP contribution is -2.65. The van der Waals surface area contributed by atoms with Crippen molar-refractivity contribution in [2.75, 3.05) is 88.6 Å². The van der Waals surface area contributed by atoms with Gasteiger partial charge in [0.15, 0.2) is 0 Å². The molecule has 0 bridgehead atoms. The van der Waals surface area contributed by atoms with Crippen LogP contribution in [0.3, 0.4) is 0 Å². The molecule has 0 aromatic rings. The molecule has 11 atom stereocenters. The monoisotopic (exact) mass is 1560 g/mol. The van der Waals surface area contributed by atoms with Gasteiger partial charge >= 0.3 is 18.5 Å². The smallest absolute Gasteiger partial charge is 0.343 e. The van der Waals surface area contributed by atoms with Gasteiger partial charge in [0.1, 0.15) is 47.8 Å². The van der Waals surface area contributed by atoms with E-state index in [-0.39, 0.29) is 96.6 Å². The molecule has 3 saturated heterocycles. The molecule has 24 nitrogen and oxygen atoms in total. The number of alkyl halides is 12. The normalized spacial score (nSPS) is 30.8. The van der Waals surface area contributed by atoms with Gasteiger partial charge in [0.05, 0.1) is 50.9 Å². The van der Waals surface area contributed by atoms with E-state index in [2.05, 4.69) is 16.0 Å². The molecule has 3 aliphatic heterocycles. The molecular formula is C71H106ClF11N12O12. The fourth-order valence-corrected chi connectivity index (χ4v) is 17.2. The van der Waals surface area contributed by atoms with Crippen LogP contribution in [0.5, 0.6) is 0 Å². The maximum absolute atomic E-state index is 16.2. The topological polar surface area (TPSA) is 270 Å². The lowest BCUT2D eigenvalue weighted by molar-refractivity contribution is -0.184. The third-order valence-electron chi connectivity index (χ3n) is 23.5. The first-order valence-electron chi connectivity index (χ1n) is 37.3. The average Bonchev–Trinajstić information content (AvgIpc) is 1.74. The molecule has 0 radical (unpaired) electrons. The Kier molecular flexibility index (Phi) is 29.7. The Balaban J connectivity index is 1.31. The number of carbonyl (C=O) groups excluding carboxylic acids is 12. The molecule has 36 heteroatoms. The number of fused-ring (bicyclic) bond motifs is 1. The summed E-state index contributed by atoms with van der Waals surface area (Å²) in [6.45, 7) is -0.662. The van der Waals surface area contributed by atoms with Crippen molar-refractivity contribution in [3.05, 3.63) is 0 Å². The number of rotatable bonds is 10. The average molecular weight is 1560 g/mol. The van der Waals surface area contributed by atoms with Crippen molar-refractivity contribution in [2.45, 2.75) is 252 Å². The molecule has 4 aliphatic carbocycles. The van der Waals surface area contributed by atoms with E-state index in [1.54, 1.807) is 6.92 Å². The molecule has 4 saturated carbocycles. The summed E-state index contributed by atoms with van der Waals surface area (Å²) in [5, 5.41) is 6.13. The first-order valence-corrected chi connectivity index (χ1v) is 37.8. The highest BCUT2D eigenvalue weighted by molar-refractivity contribution is 6.21. The third kappa shape index (κ3) is 22.2. The number of nitrogens with one attached hydrogen (secondary N) is 3. The second kappa shape index (κ2) is 36.3. The Morgan fingerprint density at radius 3 is 1.74 bits per heavy atom. The maximum Gasteiger partial charge on any atom is 0.393 e. The van der Waals surface area contributed by atoms with E-state index in [0.29, 0.717) is 48.3 Å². The standard InChI is InChI=1S/C71H106ClF11N12O12/c1-10-41(2)57-64(105)89(5)38-55(98)87(3)39-56(99)90(6)49(33-43-20-24-45(25-21-43)70(78,79)80)62(103)88(4)37-53(96)84-48(27-23-42-22-26-46(47(72)32-42)71(81,82)83)61(102)95-40-68(73,74)35-52(95)60(101)86-67(28-14-15-29-67)66(107)93(9)58(44-18-12-11-13-19-44)65(106)92(8)50(63(104)94-30-16-17-31-94)34-54(97)91(7)51(59(100)85-57)36-69(75,76)77/h41-52,57-58H,10-40H2,1-9H3,(H,84,96)(H,85,100)(H,86,101)/t41-,42?,43?,45?,46?,47?,48-,49-,50-,51-,52-,57-,58-/m0/s1. The quantitative estimate of drug-likeness (QED) is 0.147. The lowest BCUT2D eigenvalue weighted by Gasteiger charge is -2.43. The van der Waals surface area contributed by atoms with E-state index in [1.807, 2.05) is 0 Å². The summed E-state index contributed by atoms with van der Waals surface area (Å²) in [5.74, 6) is -23.0. The molecule has 606 valence electrons. The number of halogens is 12. The van der Waals surface area contributed by atoms with Crippen LogP contribution in [-0.2, 0) is 57.5 Å². The van der Waals surface area contributed by atoms with Crippen LogP contribution in [0.2, 0.25) is 0 Å². The zero-order valence-corrected chi connectivity index (χ0v) is 63.2. The summed E-state index contributed by atoms with van der Waals surface area (Å²) in [7, 11) is 7.89. The maximum atomic E-state index is 16.2. The van der Waals surface area contributed by atoms with Crippen molar-refractivity contribution >= 4 is 82.5 Å². The number of nitrogens with zero attached hydrogens (tertiary/aromatic N) is 9. The van der Waals surface area contributed by atoms with Crippen LogP contribution in [0.15, 0.2) is 0 Å². The van der Waals surface area contributed by atoms with Crippen molar-refractivity contribution in [3.63, 3.8) is 0 Å². The van der Waals surface area contributed by atoms with Crippen LogP contribution in [0, 0.1) is 35.5 Å². The minimum absolute atomic E-state index is 0.0600. The van der Waals surface area contributed by atoms with Gasteiger partial charge in [-0.2, -0.15) is 39.5 Å². The van der Waals surface area contributed by atoms with E-state index in [0.717, 1.165) is 71.1 Å². The summed E-state index contributed by atoms with van der Waals surface area (Å²) in [6.07, 6.45) is -17.1. The van der Waals surface area contributed by atoms with E-state index in [4.69, 9.17) is 11.6 Å². The van der Waals surface area contributed by atoms with Gasteiger partial charge in [0.2, 0.25) is 70.9 Å². The number of amides is 12. The predicted octanol–water partition coefficient (Wildman–Crippen LogP) is 7.03. The fraction of sp³-hybridized carbons (Fsp3) is 0.831. The van der Waals surface area contributed by atoms with Gasteiger partial charge in [-0.05, 0) is 126 Å². The summed E-state index contributed by atoms with van der Waals surface area (Å²) < 4.78 is 161. The molecule has 3 unspecified atom stereocenters. The van der Waals surface area contributed by atoms with Gasteiger partial charge in [-0.3, -0.25) is 57.5 Å². The fourth-order valence-electron chi connectivity index (χ4n) is 16.7. The molecule has 107 heavy (non-hydrogen) atoms. The molecular weight excluding hydrogens is 1460 g/mol. The number of likely N-dealkylation sites (N-methyl/N-ethyl adjacent to an activating group) is 7. The van der Waals surface area contributed by atoms with Gasteiger partial charge in [0, 0.05) is 74.2 Å². The van der Waals surface area contributed by atoms with Crippen LogP contribution in [0.1, 0.15) is 174 Å². The number of hydrogen-bond donors (Lipinski definition) is 3. The Morgan fingerprint density at radius 1 is 0.589 bits per heavy atom. The van der Waals surface area contributed by atoms with Gasteiger partial charge in [-0.1, -0.05) is 52.4 Å². The minimum atomic E-state index is -5.17. The molecule has 7 aliphatic rings. The molecule has 7 rings (SSSR count). The minimum Gasteiger partial charge on any atom is -0.343 e. The van der Waals surface area contributed by atoms with Crippen LogP contribution < -0.4 is 16.0 Å². The van der Waals surface area contributed by atoms with Gasteiger partial charge in [0.25, 0.3) is 5.92 Å². The van der Waals surface area contributed by atoms with Crippen LogP contribution >= 0.6 is 11.6 Å². The first-order chi connectivity index (χ1) is 49.8.